The van der Waals surface area contributed by atoms with Crippen molar-refractivity contribution >= 4 is 23.2 Å². The fourth-order valence-corrected chi connectivity index (χ4v) is 2.65. The summed E-state index contributed by atoms with van der Waals surface area (Å²) in [5.41, 5.74) is 2.55. The topological polar surface area (TPSA) is 75.4 Å². The average Bonchev–Trinajstić information content (AvgIpc) is 3.06. The van der Waals surface area contributed by atoms with Crippen molar-refractivity contribution in [2.45, 2.75) is 26.7 Å². The van der Waals surface area contributed by atoms with Crippen molar-refractivity contribution < 1.29 is 14.1 Å². The van der Waals surface area contributed by atoms with E-state index in [2.05, 4.69) is 10.5 Å². The third-order valence-electron chi connectivity index (χ3n) is 3.77. The van der Waals surface area contributed by atoms with Gasteiger partial charge in [0.1, 0.15) is 11.3 Å². The Morgan fingerprint density at radius 1 is 1.27 bits per heavy atom. The van der Waals surface area contributed by atoms with Crippen LogP contribution in [-0.4, -0.2) is 23.5 Å². The molecule has 114 valence electrons. The van der Waals surface area contributed by atoms with Gasteiger partial charge in [-0.2, -0.15) is 0 Å². The van der Waals surface area contributed by atoms with E-state index in [1.54, 1.807) is 30.9 Å². The lowest BCUT2D eigenvalue weighted by Gasteiger charge is -2.16. The SMILES string of the molecule is Cc1noc(C)c1C(=O)Nc1ccc(N2CCCC2=O)cc1. The molecule has 0 radical (unpaired) electrons. The van der Waals surface area contributed by atoms with Gasteiger partial charge in [0.15, 0.2) is 0 Å². The molecule has 22 heavy (non-hydrogen) atoms. The van der Waals surface area contributed by atoms with Gasteiger partial charge in [-0.3, -0.25) is 9.59 Å². The Hall–Kier alpha value is -2.63. The number of amides is 2. The molecule has 6 nitrogen and oxygen atoms in total. The molecule has 0 atom stereocenters. The predicted molar refractivity (Wildman–Crippen MR) is 82.0 cm³/mol. The fourth-order valence-electron chi connectivity index (χ4n) is 2.65. The Bertz CT molecular complexity index is 699. The van der Waals surface area contributed by atoms with Gasteiger partial charge in [-0.15, -0.1) is 0 Å². The standard InChI is InChI=1S/C16H17N3O3/c1-10-15(11(2)22-18-10)16(21)17-12-5-7-13(8-6-12)19-9-3-4-14(19)20/h5-8H,3-4,9H2,1-2H3,(H,17,21). The van der Waals surface area contributed by atoms with Gasteiger partial charge in [0, 0.05) is 24.3 Å². The van der Waals surface area contributed by atoms with E-state index in [0.717, 1.165) is 18.7 Å². The van der Waals surface area contributed by atoms with Crippen LogP contribution in [0.5, 0.6) is 0 Å². The van der Waals surface area contributed by atoms with Crippen LogP contribution in [0.15, 0.2) is 28.8 Å². The minimum atomic E-state index is -0.249. The van der Waals surface area contributed by atoms with Crippen molar-refractivity contribution in [2.24, 2.45) is 0 Å². The summed E-state index contributed by atoms with van der Waals surface area (Å²) in [4.78, 5) is 25.7. The fraction of sp³-hybridized carbons (Fsp3) is 0.312. The van der Waals surface area contributed by atoms with E-state index >= 15 is 0 Å². The molecule has 0 aliphatic carbocycles. The number of anilines is 2. The second-order valence-corrected chi connectivity index (χ2v) is 5.35. The Balaban J connectivity index is 1.74. The third-order valence-corrected chi connectivity index (χ3v) is 3.77. The molecule has 1 aromatic carbocycles. The van der Waals surface area contributed by atoms with Crippen molar-refractivity contribution in [1.82, 2.24) is 5.16 Å². The maximum atomic E-state index is 12.2. The monoisotopic (exact) mass is 299 g/mol. The van der Waals surface area contributed by atoms with E-state index in [9.17, 15) is 9.59 Å². The molecule has 2 amide bonds. The average molecular weight is 299 g/mol. The lowest BCUT2D eigenvalue weighted by atomic mass is 10.2. The molecule has 1 aliphatic rings. The number of carbonyl (C=O) groups is 2. The molecule has 1 aliphatic heterocycles. The molecule has 0 spiro atoms. The molecule has 0 bridgehead atoms. The number of carbonyl (C=O) groups excluding carboxylic acids is 2. The molecule has 2 aromatic rings. The van der Waals surface area contributed by atoms with E-state index in [1.807, 2.05) is 12.1 Å². The zero-order valence-corrected chi connectivity index (χ0v) is 12.5. The number of rotatable bonds is 3. The summed E-state index contributed by atoms with van der Waals surface area (Å²) in [5.74, 6) is 0.392. The van der Waals surface area contributed by atoms with E-state index in [1.165, 1.54) is 0 Å². The highest BCUT2D eigenvalue weighted by Gasteiger charge is 2.22. The molecule has 1 saturated heterocycles. The summed E-state index contributed by atoms with van der Waals surface area (Å²) in [7, 11) is 0. The lowest BCUT2D eigenvalue weighted by Crippen LogP contribution is -2.23. The second-order valence-electron chi connectivity index (χ2n) is 5.35. The molecule has 0 unspecified atom stereocenters. The number of aryl methyl sites for hydroxylation is 2. The van der Waals surface area contributed by atoms with Crippen LogP contribution in [0.2, 0.25) is 0 Å². The molecular weight excluding hydrogens is 282 g/mol. The second kappa shape index (κ2) is 5.63. The highest BCUT2D eigenvalue weighted by Crippen LogP contribution is 2.23. The predicted octanol–water partition coefficient (Wildman–Crippen LogP) is 2.67. The minimum absolute atomic E-state index is 0.146. The first-order valence-electron chi connectivity index (χ1n) is 7.21. The van der Waals surface area contributed by atoms with E-state index < -0.39 is 0 Å². The molecular formula is C16H17N3O3. The lowest BCUT2D eigenvalue weighted by molar-refractivity contribution is -0.117. The van der Waals surface area contributed by atoms with Crippen molar-refractivity contribution in [2.75, 3.05) is 16.8 Å². The van der Waals surface area contributed by atoms with Crippen molar-refractivity contribution in [3.8, 4) is 0 Å². The van der Waals surface area contributed by atoms with Crippen molar-refractivity contribution in [3.63, 3.8) is 0 Å². The first-order chi connectivity index (χ1) is 10.6. The molecule has 1 fully saturated rings. The quantitative estimate of drug-likeness (QED) is 0.945. The third kappa shape index (κ3) is 2.59. The molecule has 1 aromatic heterocycles. The molecule has 0 saturated carbocycles. The first-order valence-corrected chi connectivity index (χ1v) is 7.21. The molecule has 6 heteroatoms. The van der Waals surface area contributed by atoms with E-state index in [-0.39, 0.29) is 11.8 Å². The normalized spacial score (nSPS) is 14.5. The van der Waals surface area contributed by atoms with Crippen LogP contribution in [0.25, 0.3) is 0 Å². The van der Waals surface area contributed by atoms with Crippen molar-refractivity contribution in [3.05, 3.63) is 41.3 Å². The Kier molecular flexibility index (Phi) is 3.66. The summed E-state index contributed by atoms with van der Waals surface area (Å²) in [6.45, 7) is 4.19. The van der Waals surface area contributed by atoms with Crippen LogP contribution in [0, 0.1) is 13.8 Å². The smallest absolute Gasteiger partial charge is 0.261 e. The van der Waals surface area contributed by atoms with Crippen LogP contribution >= 0.6 is 0 Å². The Morgan fingerprint density at radius 2 is 2.00 bits per heavy atom. The van der Waals surface area contributed by atoms with Crippen molar-refractivity contribution in [1.29, 1.82) is 0 Å². The van der Waals surface area contributed by atoms with Crippen LogP contribution in [-0.2, 0) is 4.79 Å². The highest BCUT2D eigenvalue weighted by molar-refractivity contribution is 6.05. The van der Waals surface area contributed by atoms with Gasteiger partial charge in [-0.1, -0.05) is 5.16 Å². The molecule has 1 N–H and O–H groups in total. The van der Waals surface area contributed by atoms with Gasteiger partial charge in [0.05, 0.1) is 5.69 Å². The van der Waals surface area contributed by atoms with Crippen LogP contribution in [0.4, 0.5) is 11.4 Å². The van der Waals surface area contributed by atoms with Crippen LogP contribution < -0.4 is 10.2 Å². The Labute approximate surface area is 128 Å². The Morgan fingerprint density at radius 3 is 2.55 bits per heavy atom. The number of nitrogens with zero attached hydrogens (tertiary/aromatic N) is 2. The number of aromatic nitrogens is 1. The van der Waals surface area contributed by atoms with Crippen LogP contribution in [0.3, 0.4) is 0 Å². The number of hydrogen-bond acceptors (Lipinski definition) is 4. The van der Waals surface area contributed by atoms with Crippen LogP contribution in [0.1, 0.15) is 34.7 Å². The molecule has 3 rings (SSSR count). The summed E-state index contributed by atoms with van der Waals surface area (Å²) in [6, 6.07) is 7.26. The van der Waals surface area contributed by atoms with Gasteiger partial charge in [-0.25, -0.2) is 0 Å². The largest absolute Gasteiger partial charge is 0.361 e. The summed E-state index contributed by atoms with van der Waals surface area (Å²) in [6.07, 6.45) is 1.49. The van der Waals surface area contributed by atoms with Gasteiger partial charge in [-0.05, 0) is 44.5 Å². The molecule has 2 heterocycles. The number of hydrogen-bond donors (Lipinski definition) is 1. The summed E-state index contributed by atoms with van der Waals surface area (Å²) < 4.78 is 5.00. The number of benzene rings is 1. The summed E-state index contributed by atoms with van der Waals surface area (Å²) >= 11 is 0. The van der Waals surface area contributed by atoms with Gasteiger partial charge >= 0.3 is 0 Å². The zero-order valence-electron chi connectivity index (χ0n) is 12.5. The number of nitrogens with one attached hydrogen (secondary N) is 1. The first kappa shape index (κ1) is 14.3. The highest BCUT2D eigenvalue weighted by atomic mass is 16.5. The maximum Gasteiger partial charge on any atom is 0.261 e. The zero-order chi connectivity index (χ0) is 15.7. The van der Waals surface area contributed by atoms with Gasteiger partial charge in [0.2, 0.25) is 5.91 Å². The van der Waals surface area contributed by atoms with E-state index in [4.69, 9.17) is 4.52 Å². The summed E-state index contributed by atoms with van der Waals surface area (Å²) in [5, 5.41) is 6.59. The minimum Gasteiger partial charge on any atom is -0.361 e. The van der Waals surface area contributed by atoms with Gasteiger partial charge in [0.25, 0.3) is 5.91 Å². The van der Waals surface area contributed by atoms with E-state index in [0.29, 0.717) is 29.1 Å². The van der Waals surface area contributed by atoms with Gasteiger partial charge < -0.3 is 14.7 Å². The maximum absolute atomic E-state index is 12.2.